The molecule has 15 heteroatoms. The van der Waals surface area contributed by atoms with E-state index in [1.165, 1.54) is 0 Å². The molecule has 4 unspecified atom stereocenters. The van der Waals surface area contributed by atoms with Crippen LogP contribution in [0.2, 0.25) is 0 Å². The number of hydrogen-bond acceptors (Lipinski definition) is 7. The van der Waals surface area contributed by atoms with E-state index in [4.69, 9.17) is 22.9 Å². The normalized spacial score (nSPS) is 14.0. The number of para-hydroxylation sites is 1. The predicted octanol–water partition coefficient (Wildman–Crippen LogP) is -1.84. The summed E-state index contributed by atoms with van der Waals surface area (Å²) < 4.78 is 0. The summed E-state index contributed by atoms with van der Waals surface area (Å²) >= 11 is 0. The Hall–Kier alpha value is -4.66. The number of rotatable bonds is 16. The Bertz CT molecular complexity index is 1270. The number of carboxylic acids is 1. The quantitative estimate of drug-likeness (QED) is 0.0619. The number of nitrogens with two attached hydrogens (primary N) is 4. The smallest absolute Gasteiger partial charge is 0.326 e. The van der Waals surface area contributed by atoms with Crippen LogP contribution in [-0.4, -0.2) is 76.4 Å². The molecule has 2 rings (SSSR count). The minimum atomic E-state index is -1.60. The molecule has 4 atom stereocenters. The zero-order valence-electron chi connectivity index (χ0n) is 23.1. The van der Waals surface area contributed by atoms with Gasteiger partial charge in [0, 0.05) is 30.1 Å². The summed E-state index contributed by atoms with van der Waals surface area (Å²) in [5.41, 5.74) is 23.2. The van der Waals surface area contributed by atoms with Gasteiger partial charge in [0.1, 0.15) is 18.1 Å². The van der Waals surface area contributed by atoms with Crippen LogP contribution in [-0.2, 0) is 30.4 Å². The van der Waals surface area contributed by atoms with Crippen molar-refractivity contribution < 1.29 is 29.1 Å². The second kappa shape index (κ2) is 15.2. The zero-order chi connectivity index (χ0) is 30.7. The lowest BCUT2D eigenvalue weighted by Gasteiger charge is -2.27. The van der Waals surface area contributed by atoms with Gasteiger partial charge in [0.25, 0.3) is 0 Å². The van der Waals surface area contributed by atoms with E-state index in [9.17, 15) is 29.1 Å². The summed E-state index contributed by atoms with van der Waals surface area (Å²) in [6.07, 6.45) is 1.72. The summed E-state index contributed by atoms with van der Waals surface area (Å²) in [6.45, 7) is 3.70. The molecule has 0 fully saturated rings. The van der Waals surface area contributed by atoms with Crippen molar-refractivity contribution in [2.24, 2.45) is 33.8 Å². The van der Waals surface area contributed by atoms with E-state index in [2.05, 4.69) is 25.9 Å². The molecular weight excluding hydrogens is 534 g/mol. The van der Waals surface area contributed by atoms with Gasteiger partial charge < -0.3 is 49.0 Å². The predicted molar refractivity (Wildman–Crippen MR) is 152 cm³/mol. The van der Waals surface area contributed by atoms with Gasteiger partial charge in [-0.15, -0.1) is 0 Å². The maximum atomic E-state index is 13.4. The van der Waals surface area contributed by atoms with Crippen LogP contribution in [0, 0.1) is 5.92 Å². The highest BCUT2D eigenvalue weighted by molar-refractivity contribution is 5.95. The number of carboxylic acid groups (broad SMARTS) is 1. The summed E-state index contributed by atoms with van der Waals surface area (Å²) in [7, 11) is 0. The van der Waals surface area contributed by atoms with Gasteiger partial charge >= 0.3 is 5.97 Å². The molecule has 0 saturated carbocycles. The molecule has 13 N–H and O–H groups in total. The van der Waals surface area contributed by atoms with Crippen LogP contribution in [0.5, 0.6) is 0 Å². The highest BCUT2D eigenvalue weighted by Gasteiger charge is 2.32. The molecule has 0 saturated heterocycles. The Morgan fingerprint density at radius 2 is 1.61 bits per heavy atom. The number of aromatic nitrogens is 1. The number of carbonyl (C=O) groups excluding carboxylic acids is 4. The molecule has 0 aliphatic carbocycles. The molecule has 0 aliphatic rings. The van der Waals surface area contributed by atoms with E-state index in [1.807, 2.05) is 24.3 Å². The largest absolute Gasteiger partial charge is 0.480 e. The summed E-state index contributed by atoms with van der Waals surface area (Å²) in [4.78, 5) is 69.3. The Labute approximate surface area is 236 Å². The van der Waals surface area contributed by atoms with E-state index in [0.717, 1.165) is 10.9 Å². The molecule has 2 aromatic rings. The lowest BCUT2D eigenvalue weighted by atomic mass is 9.99. The number of primary amides is 1. The van der Waals surface area contributed by atoms with Gasteiger partial charge in [0.2, 0.25) is 23.6 Å². The van der Waals surface area contributed by atoms with Crippen LogP contribution in [0.15, 0.2) is 35.5 Å². The van der Waals surface area contributed by atoms with Gasteiger partial charge in [-0.05, 0) is 30.4 Å². The van der Waals surface area contributed by atoms with Crippen LogP contribution < -0.4 is 38.9 Å². The lowest BCUT2D eigenvalue weighted by molar-refractivity contribution is -0.143. The average Bonchev–Trinajstić information content (AvgIpc) is 3.30. The number of fused-ring (bicyclic) bond motifs is 1. The van der Waals surface area contributed by atoms with Crippen LogP contribution >= 0.6 is 0 Å². The third-order valence-electron chi connectivity index (χ3n) is 6.30. The van der Waals surface area contributed by atoms with Gasteiger partial charge in [0.05, 0.1) is 12.5 Å². The Morgan fingerprint density at radius 1 is 0.951 bits per heavy atom. The fraction of sp³-hybridized carbons (Fsp3) is 0.462. The Morgan fingerprint density at radius 3 is 2.22 bits per heavy atom. The number of nitrogens with zero attached hydrogens (tertiary/aromatic N) is 1. The van der Waals surface area contributed by atoms with E-state index in [0.29, 0.717) is 12.0 Å². The number of nitrogens with one attached hydrogen (secondary N) is 4. The minimum Gasteiger partial charge on any atom is -0.480 e. The number of hydrogen-bond donors (Lipinski definition) is 9. The van der Waals surface area contributed by atoms with Crippen LogP contribution in [0.25, 0.3) is 10.9 Å². The molecule has 1 heterocycles. The molecule has 15 nitrogen and oxygen atoms in total. The third kappa shape index (κ3) is 10.1. The van der Waals surface area contributed by atoms with E-state index >= 15 is 0 Å². The van der Waals surface area contributed by atoms with Crippen molar-refractivity contribution in [1.29, 1.82) is 0 Å². The molecule has 0 aliphatic heterocycles. The SMILES string of the molecule is CC(C)C(NC(=O)C(N)CCCN=C(N)N)C(=O)NC(Cc1c[nH]c2ccccc12)C(=O)NC(CC(N)=O)C(=O)O. The minimum absolute atomic E-state index is 0.0203. The number of benzene rings is 1. The van der Waals surface area contributed by atoms with Gasteiger partial charge in [0.15, 0.2) is 5.96 Å². The zero-order valence-corrected chi connectivity index (χ0v) is 23.1. The number of aliphatic carboxylic acids is 1. The molecule has 0 bridgehead atoms. The molecule has 0 radical (unpaired) electrons. The maximum absolute atomic E-state index is 13.4. The molecule has 1 aromatic heterocycles. The highest BCUT2D eigenvalue weighted by atomic mass is 16.4. The van der Waals surface area contributed by atoms with Gasteiger partial charge in [-0.1, -0.05) is 32.0 Å². The topological polar surface area (TPSA) is 274 Å². The van der Waals surface area contributed by atoms with E-state index in [1.54, 1.807) is 20.0 Å². The second-order valence-electron chi connectivity index (χ2n) is 9.98. The van der Waals surface area contributed by atoms with Crippen molar-refractivity contribution in [3.05, 3.63) is 36.0 Å². The van der Waals surface area contributed by atoms with Crippen molar-refractivity contribution in [2.75, 3.05) is 6.54 Å². The van der Waals surface area contributed by atoms with E-state index in [-0.39, 0.29) is 25.3 Å². The Kier molecular flexibility index (Phi) is 12.1. The van der Waals surface area contributed by atoms with Crippen LogP contribution in [0.4, 0.5) is 0 Å². The van der Waals surface area contributed by atoms with Crippen LogP contribution in [0.1, 0.15) is 38.7 Å². The fourth-order valence-corrected chi connectivity index (χ4v) is 4.11. The summed E-state index contributed by atoms with van der Waals surface area (Å²) in [6, 6.07) is 2.45. The van der Waals surface area contributed by atoms with Crippen molar-refractivity contribution in [3.8, 4) is 0 Å². The fourth-order valence-electron chi connectivity index (χ4n) is 4.11. The number of H-pyrrole nitrogens is 1. The van der Waals surface area contributed by atoms with Crippen molar-refractivity contribution in [1.82, 2.24) is 20.9 Å². The van der Waals surface area contributed by atoms with Crippen molar-refractivity contribution in [3.63, 3.8) is 0 Å². The number of aliphatic imine (C=N–C) groups is 1. The van der Waals surface area contributed by atoms with Gasteiger partial charge in [-0.3, -0.25) is 24.2 Å². The third-order valence-corrected chi connectivity index (χ3v) is 6.30. The highest BCUT2D eigenvalue weighted by Crippen LogP contribution is 2.19. The molecule has 4 amide bonds. The Balaban J connectivity index is 2.24. The number of amides is 4. The first-order valence-electron chi connectivity index (χ1n) is 13.1. The average molecular weight is 574 g/mol. The second-order valence-corrected chi connectivity index (χ2v) is 9.98. The molecule has 224 valence electrons. The molecular formula is C26H39N9O6. The molecule has 0 spiro atoms. The standard InChI is InChI=1S/C26H39N9O6/c1-13(2)21(35-22(37)16(27)7-5-9-31-26(29)30)24(39)33-18(23(38)34-19(25(40)41)11-20(28)36)10-14-12-32-17-8-4-3-6-15(14)17/h3-4,6,8,12-13,16,18-19,21,32H,5,7,9-11,27H2,1-2H3,(H2,28,36)(H,33,39)(H,34,38)(H,35,37)(H,40,41)(H4,29,30,31). The monoisotopic (exact) mass is 573 g/mol. The van der Waals surface area contributed by atoms with Crippen molar-refractivity contribution >= 4 is 46.5 Å². The first-order chi connectivity index (χ1) is 19.3. The van der Waals surface area contributed by atoms with Crippen molar-refractivity contribution in [2.45, 2.75) is 63.7 Å². The first kappa shape index (κ1) is 32.6. The molecule has 41 heavy (non-hydrogen) atoms. The first-order valence-corrected chi connectivity index (χ1v) is 13.1. The summed E-state index contributed by atoms with van der Waals surface area (Å²) in [5, 5.41) is 17.8. The lowest BCUT2D eigenvalue weighted by Crippen LogP contribution is -2.59. The van der Waals surface area contributed by atoms with Gasteiger partial charge in [-0.25, -0.2) is 4.79 Å². The number of guanidine groups is 1. The maximum Gasteiger partial charge on any atom is 0.326 e. The number of carbonyl (C=O) groups is 5. The van der Waals surface area contributed by atoms with Crippen LogP contribution in [0.3, 0.4) is 0 Å². The number of aromatic amines is 1. The summed E-state index contributed by atoms with van der Waals surface area (Å²) in [5.74, 6) is -4.96. The van der Waals surface area contributed by atoms with E-state index < -0.39 is 66.1 Å². The van der Waals surface area contributed by atoms with Gasteiger partial charge in [-0.2, -0.15) is 0 Å². The molecule has 1 aromatic carbocycles.